The lowest BCUT2D eigenvalue weighted by Gasteiger charge is -2.60. The van der Waals surface area contributed by atoms with Crippen molar-refractivity contribution in [3.63, 3.8) is 0 Å². The Morgan fingerprint density at radius 3 is 2.33 bits per heavy atom. The summed E-state index contributed by atoms with van der Waals surface area (Å²) in [5.41, 5.74) is 2.55. The third-order valence-electron chi connectivity index (χ3n) is 11.0. The summed E-state index contributed by atoms with van der Waals surface area (Å²) in [6, 6.07) is 0. The van der Waals surface area contributed by atoms with Crippen LogP contribution in [-0.4, -0.2) is 5.78 Å². The summed E-state index contributed by atoms with van der Waals surface area (Å²) < 4.78 is 0. The lowest BCUT2D eigenvalue weighted by Crippen LogP contribution is -2.55. The second kappa shape index (κ2) is 7.77. The van der Waals surface area contributed by atoms with Gasteiger partial charge in [-0.1, -0.05) is 79.4 Å². The van der Waals surface area contributed by atoms with Crippen LogP contribution in [0.3, 0.4) is 0 Å². The van der Waals surface area contributed by atoms with Crippen molar-refractivity contribution in [3.8, 4) is 0 Å². The summed E-state index contributed by atoms with van der Waals surface area (Å²) >= 11 is 0. The molecule has 0 radical (unpaired) electrons. The number of carbonyl (C=O) groups excluding carboxylic acids is 1. The molecule has 7 atom stereocenters. The Morgan fingerprint density at radius 1 is 0.933 bits per heavy atom. The molecule has 0 spiro atoms. The number of fused-ring (bicyclic) bond motifs is 5. The van der Waals surface area contributed by atoms with Crippen molar-refractivity contribution in [2.24, 2.45) is 51.8 Å². The second-order valence-electron chi connectivity index (χ2n) is 13.3. The zero-order valence-electron chi connectivity index (χ0n) is 21.0. The highest BCUT2D eigenvalue weighted by Crippen LogP contribution is 2.68. The highest BCUT2D eigenvalue weighted by molar-refractivity contribution is 5.85. The van der Waals surface area contributed by atoms with E-state index in [9.17, 15) is 4.79 Å². The summed E-state index contributed by atoms with van der Waals surface area (Å²) in [6.07, 6.45) is 15.6. The number of ketones is 1. The smallest absolute Gasteiger partial charge is 0.138 e. The fraction of sp³-hybridized carbons (Fsp3) is 0.897. The molecule has 4 aliphatic carbocycles. The van der Waals surface area contributed by atoms with Crippen molar-refractivity contribution in [1.82, 2.24) is 0 Å². The van der Waals surface area contributed by atoms with E-state index in [1.54, 1.807) is 0 Å². The van der Waals surface area contributed by atoms with Crippen LogP contribution in [0.1, 0.15) is 113 Å². The van der Waals surface area contributed by atoms with E-state index in [4.69, 9.17) is 0 Å². The average Bonchev–Trinajstić information content (AvgIpc) is 3.02. The number of hydrogen-bond acceptors (Lipinski definition) is 1. The molecular formula is C29H48O. The zero-order chi connectivity index (χ0) is 21.9. The van der Waals surface area contributed by atoms with Crippen LogP contribution in [-0.2, 0) is 4.79 Å². The molecule has 3 saturated carbocycles. The van der Waals surface area contributed by atoms with E-state index >= 15 is 0 Å². The number of rotatable bonds is 5. The highest BCUT2D eigenvalue weighted by Gasteiger charge is 2.61. The lowest BCUT2D eigenvalue weighted by molar-refractivity contribution is -0.144. The number of Topliss-reactive ketones (excluding diaryl/α,β-unsaturated/α-hetero) is 1. The SMILES string of the molecule is CC(C)CCCC(C)C1CCC2C3=CCC4C(C)(C)C(=O)CCC4(C)C3CCC21C. The van der Waals surface area contributed by atoms with Crippen LogP contribution < -0.4 is 0 Å². The molecule has 4 rings (SSSR count). The summed E-state index contributed by atoms with van der Waals surface area (Å²) in [5.74, 6) is 5.21. The van der Waals surface area contributed by atoms with E-state index in [-0.39, 0.29) is 5.41 Å². The van der Waals surface area contributed by atoms with Gasteiger partial charge in [0.2, 0.25) is 0 Å². The highest BCUT2D eigenvalue weighted by atomic mass is 16.1. The van der Waals surface area contributed by atoms with Crippen LogP contribution in [0.4, 0.5) is 0 Å². The summed E-state index contributed by atoms with van der Waals surface area (Å²) in [6.45, 7) is 17.0. The number of allylic oxidation sites excluding steroid dienone is 2. The minimum absolute atomic E-state index is 0.140. The molecule has 170 valence electrons. The van der Waals surface area contributed by atoms with Crippen LogP contribution >= 0.6 is 0 Å². The number of carbonyl (C=O) groups is 1. The predicted octanol–water partition coefficient (Wildman–Crippen LogP) is 8.23. The molecule has 4 aliphatic rings. The van der Waals surface area contributed by atoms with Crippen LogP contribution in [0.25, 0.3) is 0 Å². The van der Waals surface area contributed by atoms with Crippen molar-refractivity contribution in [1.29, 1.82) is 0 Å². The van der Waals surface area contributed by atoms with Crippen LogP contribution in [0.5, 0.6) is 0 Å². The molecule has 3 fully saturated rings. The Labute approximate surface area is 186 Å². The normalized spacial score (nSPS) is 43.6. The van der Waals surface area contributed by atoms with Gasteiger partial charge in [0.25, 0.3) is 0 Å². The second-order valence-corrected chi connectivity index (χ2v) is 13.3. The van der Waals surface area contributed by atoms with Gasteiger partial charge in [-0.2, -0.15) is 0 Å². The maximum atomic E-state index is 12.7. The first kappa shape index (κ1) is 22.6. The third kappa shape index (κ3) is 3.36. The zero-order valence-corrected chi connectivity index (χ0v) is 21.0. The quantitative estimate of drug-likeness (QED) is 0.415. The molecule has 0 saturated heterocycles. The van der Waals surface area contributed by atoms with Gasteiger partial charge in [0, 0.05) is 11.8 Å². The van der Waals surface area contributed by atoms with E-state index in [1.165, 1.54) is 44.9 Å². The summed E-state index contributed by atoms with van der Waals surface area (Å²) in [7, 11) is 0. The minimum Gasteiger partial charge on any atom is -0.299 e. The van der Waals surface area contributed by atoms with Crippen molar-refractivity contribution in [3.05, 3.63) is 11.6 Å². The Balaban J connectivity index is 1.55. The molecule has 30 heavy (non-hydrogen) atoms. The van der Waals surface area contributed by atoms with Gasteiger partial charge in [-0.25, -0.2) is 0 Å². The van der Waals surface area contributed by atoms with Crippen LogP contribution in [0, 0.1) is 51.8 Å². The Morgan fingerprint density at radius 2 is 1.63 bits per heavy atom. The topological polar surface area (TPSA) is 17.1 Å². The largest absolute Gasteiger partial charge is 0.299 e. The van der Waals surface area contributed by atoms with Gasteiger partial charge >= 0.3 is 0 Å². The van der Waals surface area contributed by atoms with Crippen LogP contribution in [0.2, 0.25) is 0 Å². The van der Waals surface area contributed by atoms with E-state index in [0.717, 1.165) is 48.9 Å². The molecule has 1 heteroatoms. The molecular weight excluding hydrogens is 364 g/mol. The first-order valence-corrected chi connectivity index (χ1v) is 13.2. The fourth-order valence-electron chi connectivity index (χ4n) is 9.15. The van der Waals surface area contributed by atoms with Gasteiger partial charge in [0.1, 0.15) is 5.78 Å². The Kier molecular flexibility index (Phi) is 5.85. The predicted molar refractivity (Wildman–Crippen MR) is 127 cm³/mol. The van der Waals surface area contributed by atoms with E-state index in [2.05, 4.69) is 54.5 Å². The van der Waals surface area contributed by atoms with Gasteiger partial charge in [0.05, 0.1) is 0 Å². The molecule has 0 aromatic rings. The monoisotopic (exact) mass is 412 g/mol. The van der Waals surface area contributed by atoms with Crippen molar-refractivity contribution in [2.45, 2.75) is 113 Å². The molecule has 0 N–H and O–H groups in total. The molecule has 0 aliphatic heterocycles. The summed E-state index contributed by atoms with van der Waals surface area (Å²) in [4.78, 5) is 12.7. The first-order chi connectivity index (χ1) is 14.0. The van der Waals surface area contributed by atoms with Gasteiger partial charge in [-0.05, 0) is 84.9 Å². The third-order valence-corrected chi connectivity index (χ3v) is 11.0. The van der Waals surface area contributed by atoms with Gasteiger partial charge in [-0.15, -0.1) is 0 Å². The van der Waals surface area contributed by atoms with Gasteiger partial charge < -0.3 is 0 Å². The standard InChI is InChI=1S/C29H48O/c1-19(2)9-8-10-20(3)22-12-13-23-21-11-14-25-27(4,5)26(30)16-18-29(25,7)24(21)15-17-28(22,23)6/h11,19-20,22-25H,8-10,12-18H2,1-7H3. The fourth-order valence-corrected chi connectivity index (χ4v) is 9.15. The molecule has 0 aromatic carbocycles. The van der Waals surface area contributed by atoms with E-state index < -0.39 is 0 Å². The summed E-state index contributed by atoms with van der Waals surface area (Å²) in [5, 5.41) is 0. The van der Waals surface area contributed by atoms with Crippen LogP contribution in [0.15, 0.2) is 11.6 Å². The van der Waals surface area contributed by atoms with Gasteiger partial charge in [-0.3, -0.25) is 4.79 Å². The first-order valence-electron chi connectivity index (χ1n) is 13.2. The van der Waals surface area contributed by atoms with Crippen molar-refractivity contribution in [2.75, 3.05) is 0 Å². The molecule has 0 heterocycles. The van der Waals surface area contributed by atoms with E-state index in [0.29, 0.717) is 22.5 Å². The minimum atomic E-state index is -0.140. The molecule has 0 amide bonds. The Bertz CT molecular complexity index is 699. The van der Waals surface area contributed by atoms with Gasteiger partial charge in [0.15, 0.2) is 0 Å². The lowest BCUT2D eigenvalue weighted by atomic mass is 9.44. The molecule has 0 aromatic heterocycles. The van der Waals surface area contributed by atoms with E-state index in [1.807, 2.05) is 5.57 Å². The van der Waals surface area contributed by atoms with Crippen molar-refractivity contribution >= 4 is 5.78 Å². The van der Waals surface area contributed by atoms with Crippen molar-refractivity contribution < 1.29 is 4.79 Å². The number of hydrogen-bond donors (Lipinski definition) is 0. The molecule has 7 unspecified atom stereocenters. The maximum absolute atomic E-state index is 12.7. The average molecular weight is 413 g/mol. The Hall–Kier alpha value is -0.590. The molecule has 1 nitrogen and oxygen atoms in total. The maximum Gasteiger partial charge on any atom is 0.138 e. The molecule has 0 bridgehead atoms.